The van der Waals surface area contributed by atoms with E-state index in [2.05, 4.69) is 46.5 Å². The number of aliphatic imine (C=N–C) groups is 1. The molecule has 0 aliphatic carbocycles. The summed E-state index contributed by atoms with van der Waals surface area (Å²) < 4.78 is 0. The molecule has 1 fully saturated rings. The Hall–Kier alpha value is -0.340. The minimum Gasteiger partial charge on any atom is -0.355 e. The molecule has 1 aliphatic rings. The Morgan fingerprint density at radius 1 is 1.35 bits per heavy atom. The summed E-state index contributed by atoms with van der Waals surface area (Å²) in [4.78, 5) is 9.65. The largest absolute Gasteiger partial charge is 0.355 e. The van der Waals surface area contributed by atoms with Gasteiger partial charge in [0.1, 0.15) is 0 Å². The maximum atomic E-state index is 4.31. The van der Waals surface area contributed by atoms with Crippen LogP contribution in [0.15, 0.2) is 17.1 Å². The number of guanidine groups is 1. The van der Waals surface area contributed by atoms with Crippen molar-refractivity contribution in [1.29, 1.82) is 0 Å². The van der Waals surface area contributed by atoms with Crippen molar-refractivity contribution in [3.8, 4) is 0 Å². The lowest BCUT2D eigenvalue weighted by molar-refractivity contribution is 0.147. The Morgan fingerprint density at radius 3 is 2.83 bits per heavy atom. The standard InChI is InChI=1S/C17H30N4S.HI/c1-4-15-7-5-6-11-21(15)12-10-19-17(18-3)20-13-16-9-8-14(2)22-16;/h8-9,15H,4-7,10-13H2,1-3H3,(H2,18,19,20);1H. The smallest absolute Gasteiger partial charge is 0.191 e. The van der Waals surface area contributed by atoms with Crippen molar-refractivity contribution in [1.82, 2.24) is 15.5 Å². The number of hydrogen-bond acceptors (Lipinski definition) is 3. The van der Waals surface area contributed by atoms with Crippen LogP contribution in [0.4, 0.5) is 0 Å². The van der Waals surface area contributed by atoms with Crippen molar-refractivity contribution >= 4 is 41.3 Å². The Balaban J connectivity index is 0.00000264. The van der Waals surface area contributed by atoms with Crippen LogP contribution in [0.25, 0.3) is 0 Å². The Kier molecular flexibility index (Phi) is 10.1. The molecule has 1 unspecified atom stereocenters. The van der Waals surface area contributed by atoms with Crippen LogP contribution >= 0.6 is 35.3 Å². The molecule has 0 saturated carbocycles. The van der Waals surface area contributed by atoms with Crippen LogP contribution in [0.3, 0.4) is 0 Å². The fraction of sp³-hybridized carbons (Fsp3) is 0.706. The second-order valence-electron chi connectivity index (χ2n) is 5.96. The predicted molar refractivity (Wildman–Crippen MR) is 112 cm³/mol. The topological polar surface area (TPSA) is 39.7 Å². The van der Waals surface area contributed by atoms with Crippen molar-refractivity contribution in [2.24, 2.45) is 4.99 Å². The molecule has 1 aromatic rings. The molecule has 0 spiro atoms. The van der Waals surface area contributed by atoms with Gasteiger partial charge in [0.05, 0.1) is 6.54 Å². The normalized spacial score (nSPS) is 19.3. The number of nitrogens with one attached hydrogen (secondary N) is 2. The van der Waals surface area contributed by atoms with Gasteiger partial charge in [0.2, 0.25) is 0 Å². The highest BCUT2D eigenvalue weighted by molar-refractivity contribution is 14.0. The first-order valence-corrected chi connectivity index (χ1v) is 9.28. The zero-order valence-corrected chi connectivity index (χ0v) is 17.7. The van der Waals surface area contributed by atoms with Crippen molar-refractivity contribution in [2.75, 3.05) is 26.7 Å². The van der Waals surface area contributed by atoms with Crippen LogP contribution in [0.1, 0.15) is 42.4 Å². The van der Waals surface area contributed by atoms with Crippen molar-refractivity contribution < 1.29 is 0 Å². The van der Waals surface area contributed by atoms with Crippen LogP contribution in [0.2, 0.25) is 0 Å². The highest BCUT2D eigenvalue weighted by Crippen LogP contribution is 2.18. The molecule has 1 saturated heterocycles. The van der Waals surface area contributed by atoms with E-state index in [1.54, 1.807) is 0 Å². The number of nitrogens with zero attached hydrogens (tertiary/aromatic N) is 2. The van der Waals surface area contributed by atoms with E-state index >= 15 is 0 Å². The van der Waals surface area contributed by atoms with E-state index in [-0.39, 0.29) is 24.0 Å². The summed E-state index contributed by atoms with van der Waals surface area (Å²) in [6.45, 7) is 8.61. The van der Waals surface area contributed by atoms with Crippen molar-refractivity contribution in [3.05, 3.63) is 21.9 Å². The minimum absolute atomic E-state index is 0. The molecule has 0 aromatic carbocycles. The van der Waals surface area contributed by atoms with E-state index < -0.39 is 0 Å². The number of thiophene rings is 1. The van der Waals surface area contributed by atoms with Crippen LogP contribution in [-0.4, -0.2) is 43.6 Å². The molecule has 2 rings (SSSR count). The van der Waals surface area contributed by atoms with Gasteiger partial charge in [-0.15, -0.1) is 35.3 Å². The van der Waals surface area contributed by atoms with Crippen molar-refractivity contribution in [2.45, 2.75) is 52.1 Å². The molecule has 0 radical (unpaired) electrons. The monoisotopic (exact) mass is 450 g/mol. The molecule has 1 atom stereocenters. The number of likely N-dealkylation sites (tertiary alicyclic amines) is 1. The molecule has 132 valence electrons. The summed E-state index contributed by atoms with van der Waals surface area (Å²) in [6, 6.07) is 5.12. The molecule has 0 amide bonds. The third kappa shape index (κ3) is 6.97. The van der Waals surface area contributed by atoms with Gasteiger partial charge < -0.3 is 10.6 Å². The van der Waals surface area contributed by atoms with Crippen LogP contribution < -0.4 is 10.6 Å². The minimum atomic E-state index is 0. The number of aryl methyl sites for hydroxylation is 1. The van der Waals surface area contributed by atoms with Crippen LogP contribution in [-0.2, 0) is 6.54 Å². The first-order valence-electron chi connectivity index (χ1n) is 8.46. The van der Waals surface area contributed by atoms with Gasteiger partial charge in [0, 0.05) is 35.9 Å². The van der Waals surface area contributed by atoms with Gasteiger partial charge >= 0.3 is 0 Å². The fourth-order valence-corrected chi connectivity index (χ4v) is 3.94. The van der Waals surface area contributed by atoms with Gasteiger partial charge in [0.25, 0.3) is 0 Å². The Bertz CT molecular complexity index is 475. The molecule has 2 heterocycles. The summed E-state index contributed by atoms with van der Waals surface area (Å²) in [5.41, 5.74) is 0. The summed E-state index contributed by atoms with van der Waals surface area (Å²) in [6.07, 6.45) is 5.37. The zero-order valence-electron chi connectivity index (χ0n) is 14.6. The summed E-state index contributed by atoms with van der Waals surface area (Å²) in [5.74, 6) is 0.899. The van der Waals surface area contributed by atoms with Crippen LogP contribution in [0, 0.1) is 6.92 Å². The van der Waals surface area contributed by atoms with E-state index in [1.807, 2.05) is 18.4 Å². The fourth-order valence-electron chi connectivity index (χ4n) is 3.11. The van der Waals surface area contributed by atoms with Gasteiger partial charge in [-0.05, 0) is 44.9 Å². The number of rotatable bonds is 6. The maximum absolute atomic E-state index is 4.31. The average molecular weight is 450 g/mol. The van der Waals surface area contributed by atoms with E-state index in [9.17, 15) is 0 Å². The Labute approximate surface area is 162 Å². The molecule has 23 heavy (non-hydrogen) atoms. The second-order valence-corrected chi connectivity index (χ2v) is 7.33. The van der Waals surface area contributed by atoms with E-state index in [0.29, 0.717) is 0 Å². The molecule has 2 N–H and O–H groups in total. The SMILES string of the molecule is CCC1CCCCN1CCNC(=NC)NCc1ccc(C)s1.I. The summed E-state index contributed by atoms with van der Waals surface area (Å²) in [5, 5.41) is 6.83. The summed E-state index contributed by atoms with van der Waals surface area (Å²) in [7, 11) is 1.84. The first-order chi connectivity index (χ1) is 10.7. The van der Waals surface area contributed by atoms with Gasteiger partial charge in [-0.25, -0.2) is 0 Å². The zero-order chi connectivity index (χ0) is 15.8. The second kappa shape index (κ2) is 11.3. The average Bonchev–Trinajstić information content (AvgIpc) is 2.96. The van der Waals surface area contributed by atoms with Gasteiger partial charge in [-0.3, -0.25) is 9.89 Å². The highest BCUT2D eigenvalue weighted by Gasteiger charge is 2.19. The molecule has 1 aromatic heterocycles. The maximum Gasteiger partial charge on any atom is 0.191 e. The van der Waals surface area contributed by atoms with Crippen LogP contribution in [0.5, 0.6) is 0 Å². The highest BCUT2D eigenvalue weighted by atomic mass is 127. The number of piperidine rings is 1. The van der Waals surface area contributed by atoms with Gasteiger partial charge in [-0.2, -0.15) is 0 Å². The van der Waals surface area contributed by atoms with E-state index in [1.165, 1.54) is 42.0 Å². The third-order valence-corrected chi connectivity index (χ3v) is 5.36. The van der Waals surface area contributed by atoms with Gasteiger partial charge in [0.15, 0.2) is 5.96 Å². The van der Waals surface area contributed by atoms with E-state index in [0.717, 1.165) is 31.6 Å². The third-order valence-electron chi connectivity index (χ3n) is 4.36. The quantitative estimate of drug-likeness (QED) is 0.395. The lowest BCUT2D eigenvalue weighted by atomic mass is 10.0. The van der Waals surface area contributed by atoms with E-state index in [4.69, 9.17) is 0 Å². The summed E-state index contributed by atoms with van der Waals surface area (Å²) >= 11 is 1.84. The number of hydrogen-bond donors (Lipinski definition) is 2. The molecule has 1 aliphatic heterocycles. The first kappa shape index (κ1) is 20.7. The predicted octanol–water partition coefficient (Wildman–Crippen LogP) is 3.60. The van der Waals surface area contributed by atoms with Gasteiger partial charge in [-0.1, -0.05) is 13.3 Å². The lowest BCUT2D eigenvalue weighted by Gasteiger charge is -2.35. The number of halogens is 1. The van der Waals surface area contributed by atoms with Crippen molar-refractivity contribution in [3.63, 3.8) is 0 Å². The Morgan fingerprint density at radius 2 is 2.17 bits per heavy atom. The molecular formula is C17H31IN4S. The molecule has 4 nitrogen and oxygen atoms in total. The molecular weight excluding hydrogens is 419 g/mol. The lowest BCUT2D eigenvalue weighted by Crippen LogP contribution is -2.45. The molecule has 6 heteroatoms. The molecule has 0 bridgehead atoms.